The molecule has 59 heavy (non-hydrogen) atoms. The van der Waals surface area contributed by atoms with E-state index in [-0.39, 0.29) is 0 Å². The Morgan fingerprint density at radius 2 is 0.695 bits per heavy atom. The highest BCUT2D eigenvalue weighted by Crippen LogP contribution is 2.40. The van der Waals surface area contributed by atoms with Gasteiger partial charge in [-0.15, -0.1) is 0 Å². The van der Waals surface area contributed by atoms with Crippen molar-refractivity contribution in [3.63, 3.8) is 0 Å². The summed E-state index contributed by atoms with van der Waals surface area (Å²) < 4.78 is 0. The molecule has 0 amide bonds. The van der Waals surface area contributed by atoms with E-state index in [0.29, 0.717) is 0 Å². The molecule has 1 nitrogen and oxygen atoms in total. The average molecular weight is 756 g/mol. The van der Waals surface area contributed by atoms with Gasteiger partial charge in [-0.05, 0) is 104 Å². The quantitative estimate of drug-likeness (QED) is 0.149. The van der Waals surface area contributed by atoms with Crippen molar-refractivity contribution in [3.05, 3.63) is 259 Å². The molecule has 0 N–H and O–H groups in total. The lowest BCUT2D eigenvalue weighted by Crippen LogP contribution is -2.10. The zero-order chi connectivity index (χ0) is 39.8. The molecule has 0 fully saturated rings. The first kappa shape index (κ1) is 37.1. The molecule has 0 aliphatic carbocycles. The van der Waals surface area contributed by atoms with E-state index < -0.39 is 0 Å². The van der Waals surface area contributed by atoms with Gasteiger partial charge in [0.2, 0.25) is 0 Å². The summed E-state index contributed by atoms with van der Waals surface area (Å²) in [6.07, 6.45) is 0.969. The van der Waals surface area contributed by atoms with E-state index in [1.807, 2.05) is 0 Å². The van der Waals surface area contributed by atoms with Crippen LogP contribution in [0, 0.1) is 6.92 Å². The van der Waals surface area contributed by atoms with Gasteiger partial charge in [-0.2, -0.15) is 0 Å². The third-order valence-electron chi connectivity index (χ3n) is 11.1. The molecule has 10 aromatic rings. The Morgan fingerprint density at radius 1 is 0.305 bits per heavy atom. The molecule has 0 aliphatic heterocycles. The predicted octanol–water partition coefficient (Wildman–Crippen LogP) is 16.0. The highest BCUT2D eigenvalue weighted by atomic mass is 15.1. The summed E-state index contributed by atoms with van der Waals surface area (Å²) in [6.45, 7) is 2.12. The van der Waals surface area contributed by atoms with Gasteiger partial charge in [-0.3, -0.25) is 0 Å². The van der Waals surface area contributed by atoms with E-state index in [9.17, 15) is 0 Å². The second-order valence-electron chi connectivity index (χ2n) is 15.0. The SMILES string of the molecule is Cc1ccc(-c2ccc(N(c3ccc(-c4ccccc4)cc3)c3cccc4ccccc34)cc2)cc1.c1ccc(-c2ccc(Cc3cccc4ccccc34)cc2)cc1. The van der Waals surface area contributed by atoms with Gasteiger partial charge < -0.3 is 4.90 Å². The number of anilines is 3. The van der Waals surface area contributed by atoms with Crippen LogP contribution in [0.2, 0.25) is 0 Å². The molecule has 0 radical (unpaired) electrons. The number of benzene rings is 10. The summed E-state index contributed by atoms with van der Waals surface area (Å²) in [5.74, 6) is 0. The minimum Gasteiger partial charge on any atom is -0.310 e. The topological polar surface area (TPSA) is 3.24 Å². The van der Waals surface area contributed by atoms with E-state index >= 15 is 0 Å². The fraction of sp³-hybridized carbons (Fsp3) is 0.0345. The minimum atomic E-state index is 0.969. The smallest absolute Gasteiger partial charge is 0.0540 e. The van der Waals surface area contributed by atoms with Gasteiger partial charge in [-0.1, -0.05) is 218 Å². The molecule has 10 rings (SSSR count). The van der Waals surface area contributed by atoms with Crippen molar-refractivity contribution in [1.29, 1.82) is 0 Å². The lowest BCUT2D eigenvalue weighted by atomic mass is 9.97. The van der Waals surface area contributed by atoms with E-state index in [1.165, 1.54) is 77.3 Å². The van der Waals surface area contributed by atoms with Crippen LogP contribution < -0.4 is 4.90 Å². The molecule has 10 aromatic carbocycles. The molecule has 0 atom stereocenters. The molecule has 0 bridgehead atoms. The van der Waals surface area contributed by atoms with Gasteiger partial charge in [0, 0.05) is 16.8 Å². The van der Waals surface area contributed by atoms with E-state index in [0.717, 1.165) is 17.8 Å². The number of hydrogen-bond donors (Lipinski definition) is 0. The molecule has 1 heteroatoms. The minimum absolute atomic E-state index is 0.969. The summed E-state index contributed by atoms with van der Waals surface area (Å²) >= 11 is 0. The third kappa shape index (κ3) is 8.47. The fourth-order valence-electron chi connectivity index (χ4n) is 7.93. The summed E-state index contributed by atoms with van der Waals surface area (Å²) in [6, 6.07) is 86.7. The van der Waals surface area contributed by atoms with Crippen molar-refractivity contribution < 1.29 is 0 Å². The Bertz CT molecular complexity index is 2900. The lowest BCUT2D eigenvalue weighted by molar-refractivity contribution is 1.21. The third-order valence-corrected chi connectivity index (χ3v) is 11.1. The maximum atomic E-state index is 2.36. The molecule has 0 spiro atoms. The first-order chi connectivity index (χ1) is 29.2. The fourth-order valence-corrected chi connectivity index (χ4v) is 7.93. The van der Waals surface area contributed by atoms with E-state index in [2.05, 4.69) is 254 Å². The van der Waals surface area contributed by atoms with Gasteiger partial charge in [-0.25, -0.2) is 0 Å². The van der Waals surface area contributed by atoms with Crippen molar-refractivity contribution in [2.24, 2.45) is 0 Å². The first-order valence-electron chi connectivity index (χ1n) is 20.4. The van der Waals surface area contributed by atoms with Crippen LogP contribution in [0.1, 0.15) is 16.7 Å². The van der Waals surface area contributed by atoms with Crippen LogP contribution >= 0.6 is 0 Å². The van der Waals surface area contributed by atoms with Crippen molar-refractivity contribution >= 4 is 38.6 Å². The molecule has 0 unspecified atom stereocenters. The van der Waals surface area contributed by atoms with Gasteiger partial charge in [0.1, 0.15) is 0 Å². The van der Waals surface area contributed by atoms with Crippen LogP contribution in [0.4, 0.5) is 17.1 Å². The van der Waals surface area contributed by atoms with Crippen LogP contribution in [0.5, 0.6) is 0 Å². The zero-order valence-corrected chi connectivity index (χ0v) is 33.2. The van der Waals surface area contributed by atoms with Crippen LogP contribution in [0.3, 0.4) is 0 Å². The Balaban J connectivity index is 0.000000168. The Kier molecular flexibility index (Phi) is 10.9. The van der Waals surface area contributed by atoms with Crippen LogP contribution in [-0.4, -0.2) is 0 Å². The number of aryl methyl sites for hydroxylation is 1. The highest BCUT2D eigenvalue weighted by Gasteiger charge is 2.16. The summed E-state index contributed by atoms with van der Waals surface area (Å²) in [4.78, 5) is 2.36. The monoisotopic (exact) mass is 755 g/mol. The van der Waals surface area contributed by atoms with Crippen molar-refractivity contribution in [3.8, 4) is 33.4 Å². The van der Waals surface area contributed by atoms with Gasteiger partial charge >= 0.3 is 0 Å². The molecule has 0 aromatic heterocycles. The molecule has 0 saturated heterocycles. The Morgan fingerprint density at radius 3 is 1.24 bits per heavy atom. The lowest BCUT2D eigenvalue weighted by Gasteiger charge is -2.27. The molecule has 0 saturated carbocycles. The second kappa shape index (κ2) is 17.3. The second-order valence-corrected chi connectivity index (χ2v) is 15.0. The highest BCUT2D eigenvalue weighted by molar-refractivity contribution is 5.99. The van der Waals surface area contributed by atoms with Crippen molar-refractivity contribution in [2.45, 2.75) is 13.3 Å². The van der Waals surface area contributed by atoms with Crippen molar-refractivity contribution in [2.75, 3.05) is 4.90 Å². The van der Waals surface area contributed by atoms with Crippen LogP contribution in [-0.2, 0) is 6.42 Å². The number of rotatable bonds is 8. The maximum absolute atomic E-state index is 2.36. The predicted molar refractivity (Wildman–Crippen MR) is 253 cm³/mol. The maximum Gasteiger partial charge on any atom is 0.0540 e. The molecule has 0 aliphatic rings. The molecular formula is C58H45N. The zero-order valence-electron chi connectivity index (χ0n) is 33.2. The average Bonchev–Trinajstić information content (AvgIpc) is 3.31. The molecule has 282 valence electrons. The normalized spacial score (nSPS) is 10.9. The summed E-state index contributed by atoms with van der Waals surface area (Å²) in [7, 11) is 0. The number of fused-ring (bicyclic) bond motifs is 2. The van der Waals surface area contributed by atoms with Gasteiger partial charge in [0.25, 0.3) is 0 Å². The van der Waals surface area contributed by atoms with Crippen molar-refractivity contribution in [1.82, 2.24) is 0 Å². The summed E-state index contributed by atoms with van der Waals surface area (Å²) in [5, 5.41) is 5.12. The van der Waals surface area contributed by atoms with Gasteiger partial charge in [0.15, 0.2) is 0 Å². The van der Waals surface area contributed by atoms with Crippen LogP contribution in [0.25, 0.3) is 54.9 Å². The number of hydrogen-bond acceptors (Lipinski definition) is 1. The molecule has 0 heterocycles. The van der Waals surface area contributed by atoms with Gasteiger partial charge in [0.05, 0.1) is 5.69 Å². The van der Waals surface area contributed by atoms with Crippen LogP contribution in [0.15, 0.2) is 243 Å². The molecular weight excluding hydrogens is 711 g/mol. The summed E-state index contributed by atoms with van der Waals surface area (Å²) in [5.41, 5.74) is 14.9. The largest absolute Gasteiger partial charge is 0.310 e. The number of nitrogens with zero attached hydrogens (tertiary/aromatic N) is 1. The van der Waals surface area contributed by atoms with E-state index in [1.54, 1.807) is 0 Å². The van der Waals surface area contributed by atoms with E-state index in [4.69, 9.17) is 0 Å². The Labute approximate surface area is 348 Å². The Hall–Kier alpha value is -7.48. The first-order valence-corrected chi connectivity index (χ1v) is 20.4. The standard InChI is InChI=1S/C35H27N.C23H18/c1-26-14-16-28(17-15-26)30-20-24-33(25-21-30)36(35-13-7-11-31-10-5-6-12-34(31)35)32-22-18-29(19-23-32)27-8-3-2-4-9-27;1-2-7-19(8-3-1)20-15-13-18(14-16-20)17-22-11-6-10-21-9-4-5-12-23(21)22/h2-25H,1H3;1-16H,17H2.